The van der Waals surface area contributed by atoms with E-state index in [1.165, 1.54) is 11.1 Å². The van der Waals surface area contributed by atoms with E-state index in [1.807, 2.05) is 31.4 Å². The van der Waals surface area contributed by atoms with Crippen LogP contribution in [0.3, 0.4) is 0 Å². The molecule has 2 aromatic rings. The molecule has 2 N–H and O–H groups in total. The fourth-order valence-electron chi connectivity index (χ4n) is 2.71. The minimum absolute atomic E-state index is 0.169. The van der Waals surface area contributed by atoms with E-state index in [2.05, 4.69) is 16.7 Å². The highest BCUT2D eigenvalue weighted by molar-refractivity contribution is 7.98. The number of hydrogen-bond acceptors (Lipinski definition) is 3. The summed E-state index contributed by atoms with van der Waals surface area (Å²) in [5, 5.41) is 6.13. The second kappa shape index (κ2) is 11.0. The molecular formula is C21H25ClN2O2S. The third-order valence-corrected chi connectivity index (χ3v) is 5.12. The Morgan fingerprint density at radius 2 is 1.93 bits per heavy atom. The number of carbonyl (C=O) groups is 2. The zero-order valence-corrected chi connectivity index (χ0v) is 17.2. The number of benzene rings is 2. The summed E-state index contributed by atoms with van der Waals surface area (Å²) in [4.78, 5) is 25.1. The smallest absolute Gasteiger partial charge is 0.253 e. The Hall–Kier alpha value is -1.98. The van der Waals surface area contributed by atoms with Crippen LogP contribution in [0, 0.1) is 6.92 Å². The van der Waals surface area contributed by atoms with Crippen LogP contribution in [0.4, 0.5) is 0 Å². The second-order valence-electron chi connectivity index (χ2n) is 6.32. The molecule has 0 fully saturated rings. The Balaban J connectivity index is 1.94. The third kappa shape index (κ3) is 6.92. The van der Waals surface area contributed by atoms with Crippen molar-refractivity contribution in [2.75, 3.05) is 18.6 Å². The first kappa shape index (κ1) is 21.3. The fraction of sp³-hybridized carbons (Fsp3) is 0.333. The number of halogens is 1. The average Bonchev–Trinajstić information content (AvgIpc) is 2.65. The summed E-state index contributed by atoms with van der Waals surface area (Å²) in [6.07, 6.45) is 3.29. The molecule has 144 valence electrons. The molecule has 1 atom stereocenters. The monoisotopic (exact) mass is 404 g/mol. The molecule has 0 saturated carbocycles. The predicted molar refractivity (Wildman–Crippen MR) is 114 cm³/mol. The van der Waals surface area contributed by atoms with E-state index in [1.54, 1.807) is 36.0 Å². The Kier molecular flexibility index (Phi) is 8.69. The molecule has 2 aromatic carbocycles. The lowest BCUT2D eigenvalue weighted by atomic mass is 10.1. The molecule has 2 rings (SSSR count). The molecule has 0 aromatic heterocycles. The van der Waals surface area contributed by atoms with Gasteiger partial charge in [-0.3, -0.25) is 9.59 Å². The van der Waals surface area contributed by atoms with Crippen molar-refractivity contribution < 1.29 is 9.59 Å². The van der Waals surface area contributed by atoms with Crippen molar-refractivity contribution in [1.29, 1.82) is 0 Å². The van der Waals surface area contributed by atoms with Crippen LogP contribution in [0.2, 0.25) is 5.02 Å². The molecule has 6 heteroatoms. The first-order valence-electron chi connectivity index (χ1n) is 8.89. The number of rotatable bonds is 9. The van der Waals surface area contributed by atoms with E-state index in [0.717, 1.165) is 12.2 Å². The molecule has 0 heterocycles. The third-order valence-electron chi connectivity index (χ3n) is 4.15. The Morgan fingerprint density at radius 1 is 1.15 bits per heavy atom. The van der Waals surface area contributed by atoms with Gasteiger partial charge >= 0.3 is 0 Å². The number of nitrogens with one attached hydrogen (secondary N) is 2. The topological polar surface area (TPSA) is 58.2 Å². The van der Waals surface area contributed by atoms with Crippen molar-refractivity contribution in [2.45, 2.75) is 25.8 Å². The maximum Gasteiger partial charge on any atom is 0.253 e. The maximum atomic E-state index is 12.6. The van der Waals surface area contributed by atoms with Crippen molar-refractivity contribution in [3.05, 3.63) is 70.2 Å². The standard InChI is InChI=1S/C21H25ClN2O2S/c1-15-6-5-7-16(14-15)10-12-23-21(26)19(11-13-27-2)24-20(25)17-8-3-4-9-18(17)22/h3-9,14,19H,10-13H2,1-2H3,(H,23,26)(H,24,25). The number of carbonyl (C=O) groups excluding carboxylic acids is 2. The number of thioether (sulfide) groups is 1. The quantitative estimate of drug-likeness (QED) is 0.667. The normalized spacial score (nSPS) is 11.7. The van der Waals surface area contributed by atoms with Crippen LogP contribution in [0.25, 0.3) is 0 Å². The minimum Gasteiger partial charge on any atom is -0.354 e. The molecule has 0 aliphatic rings. The number of hydrogen-bond donors (Lipinski definition) is 2. The molecule has 0 spiro atoms. The highest BCUT2D eigenvalue weighted by Crippen LogP contribution is 2.15. The predicted octanol–water partition coefficient (Wildman–Crippen LogP) is 3.86. The lowest BCUT2D eigenvalue weighted by molar-refractivity contribution is -0.122. The highest BCUT2D eigenvalue weighted by Gasteiger charge is 2.21. The van der Waals surface area contributed by atoms with Gasteiger partial charge in [-0.25, -0.2) is 0 Å². The number of aryl methyl sites for hydroxylation is 1. The lowest BCUT2D eigenvalue weighted by Gasteiger charge is -2.18. The van der Waals surface area contributed by atoms with Crippen LogP contribution >= 0.6 is 23.4 Å². The van der Waals surface area contributed by atoms with Crippen molar-refractivity contribution in [3.63, 3.8) is 0 Å². The zero-order valence-electron chi connectivity index (χ0n) is 15.6. The highest BCUT2D eigenvalue weighted by atomic mass is 35.5. The van der Waals surface area contributed by atoms with E-state index < -0.39 is 6.04 Å². The van der Waals surface area contributed by atoms with E-state index in [9.17, 15) is 9.59 Å². The van der Waals surface area contributed by atoms with Gasteiger partial charge in [0.05, 0.1) is 10.6 Å². The molecule has 0 saturated heterocycles. The summed E-state index contributed by atoms with van der Waals surface area (Å²) in [6.45, 7) is 2.57. The SMILES string of the molecule is CSCCC(NC(=O)c1ccccc1Cl)C(=O)NCCc1cccc(C)c1. The van der Waals surface area contributed by atoms with Gasteiger partial charge in [-0.2, -0.15) is 11.8 Å². The average molecular weight is 405 g/mol. The minimum atomic E-state index is -0.585. The van der Waals surface area contributed by atoms with Gasteiger partial charge in [0.1, 0.15) is 6.04 Å². The number of amides is 2. The van der Waals surface area contributed by atoms with Gasteiger partial charge < -0.3 is 10.6 Å². The van der Waals surface area contributed by atoms with Crippen LogP contribution in [-0.4, -0.2) is 36.4 Å². The lowest BCUT2D eigenvalue weighted by Crippen LogP contribution is -2.47. The van der Waals surface area contributed by atoms with Crippen LogP contribution < -0.4 is 10.6 Å². The maximum absolute atomic E-state index is 12.6. The summed E-state index contributed by atoms with van der Waals surface area (Å²) >= 11 is 7.72. The van der Waals surface area contributed by atoms with Gasteiger partial charge in [0, 0.05) is 6.54 Å². The van der Waals surface area contributed by atoms with Crippen LogP contribution in [0.1, 0.15) is 27.9 Å². The molecule has 0 aliphatic carbocycles. The van der Waals surface area contributed by atoms with Gasteiger partial charge in [0.2, 0.25) is 5.91 Å². The molecule has 0 bridgehead atoms. The molecule has 0 aliphatic heterocycles. The molecular weight excluding hydrogens is 380 g/mol. The van der Waals surface area contributed by atoms with Crippen molar-refractivity contribution >= 4 is 35.2 Å². The molecule has 0 radical (unpaired) electrons. The van der Waals surface area contributed by atoms with Crippen LogP contribution in [-0.2, 0) is 11.2 Å². The first-order valence-corrected chi connectivity index (χ1v) is 10.7. The van der Waals surface area contributed by atoms with E-state index in [-0.39, 0.29) is 11.8 Å². The first-order chi connectivity index (χ1) is 13.0. The Bertz CT molecular complexity index is 782. The summed E-state index contributed by atoms with van der Waals surface area (Å²) in [6, 6.07) is 14.5. The van der Waals surface area contributed by atoms with Crippen molar-refractivity contribution in [1.82, 2.24) is 10.6 Å². The molecule has 27 heavy (non-hydrogen) atoms. The molecule has 1 unspecified atom stereocenters. The van der Waals surface area contributed by atoms with Crippen LogP contribution in [0.15, 0.2) is 48.5 Å². The summed E-state index contributed by atoms with van der Waals surface area (Å²) in [5.74, 6) is 0.274. The summed E-state index contributed by atoms with van der Waals surface area (Å²) in [7, 11) is 0. The van der Waals surface area contributed by atoms with Crippen LogP contribution in [0.5, 0.6) is 0 Å². The van der Waals surface area contributed by atoms with Crippen molar-refractivity contribution in [2.24, 2.45) is 0 Å². The van der Waals surface area contributed by atoms with E-state index in [0.29, 0.717) is 23.6 Å². The Morgan fingerprint density at radius 3 is 2.63 bits per heavy atom. The molecule has 4 nitrogen and oxygen atoms in total. The summed E-state index contributed by atoms with van der Waals surface area (Å²) in [5.41, 5.74) is 2.75. The van der Waals surface area contributed by atoms with E-state index >= 15 is 0 Å². The second-order valence-corrected chi connectivity index (χ2v) is 7.71. The van der Waals surface area contributed by atoms with Gasteiger partial charge in [-0.05, 0) is 49.5 Å². The van der Waals surface area contributed by atoms with Gasteiger partial charge in [-0.1, -0.05) is 53.6 Å². The molecule has 2 amide bonds. The zero-order chi connectivity index (χ0) is 19.6. The van der Waals surface area contributed by atoms with Crippen molar-refractivity contribution in [3.8, 4) is 0 Å². The largest absolute Gasteiger partial charge is 0.354 e. The van der Waals surface area contributed by atoms with E-state index in [4.69, 9.17) is 11.6 Å². The fourth-order valence-corrected chi connectivity index (χ4v) is 3.40. The summed E-state index contributed by atoms with van der Waals surface area (Å²) < 4.78 is 0. The van der Waals surface area contributed by atoms with Gasteiger partial charge in [0.15, 0.2) is 0 Å². The Labute approximate surface area is 170 Å². The van der Waals surface area contributed by atoms with Gasteiger partial charge in [-0.15, -0.1) is 0 Å². The van der Waals surface area contributed by atoms with Gasteiger partial charge in [0.25, 0.3) is 5.91 Å².